The largest absolute Gasteiger partial charge is 0.464 e. The number of nitrogens with zero attached hydrogens (tertiary/aromatic N) is 3. The summed E-state index contributed by atoms with van der Waals surface area (Å²) >= 11 is 6.49. The number of aromatic nitrogens is 3. The van der Waals surface area contributed by atoms with Crippen molar-refractivity contribution in [1.29, 1.82) is 0 Å². The molecule has 0 bridgehead atoms. The number of esters is 1. The number of pyridine rings is 1. The highest BCUT2D eigenvalue weighted by Crippen LogP contribution is 2.41. The van der Waals surface area contributed by atoms with E-state index < -0.39 is 5.97 Å². The quantitative estimate of drug-likeness (QED) is 0.672. The minimum absolute atomic E-state index is 0.187. The first-order valence-corrected chi connectivity index (χ1v) is 8.29. The Morgan fingerprint density at radius 3 is 2.67 bits per heavy atom. The van der Waals surface area contributed by atoms with Gasteiger partial charge in [0.1, 0.15) is 0 Å². The summed E-state index contributed by atoms with van der Waals surface area (Å²) in [5, 5.41) is 6.11. The van der Waals surface area contributed by atoms with Crippen LogP contribution in [0.5, 0.6) is 0 Å². The van der Waals surface area contributed by atoms with Gasteiger partial charge in [0.05, 0.1) is 28.9 Å². The van der Waals surface area contributed by atoms with Gasteiger partial charge in [-0.1, -0.05) is 36.2 Å². The number of carbonyl (C=O) groups excluding carboxylic acids is 1. The molecular formula is C18H16ClN3O2. The van der Waals surface area contributed by atoms with Crippen LogP contribution < -0.4 is 0 Å². The lowest BCUT2D eigenvalue weighted by molar-refractivity contribution is 0.0594. The van der Waals surface area contributed by atoms with E-state index in [-0.39, 0.29) is 5.69 Å². The van der Waals surface area contributed by atoms with E-state index in [0.717, 1.165) is 29.6 Å². The second-order valence-corrected chi connectivity index (χ2v) is 6.35. The summed E-state index contributed by atoms with van der Waals surface area (Å²) in [6.45, 7) is 0. The molecule has 0 atom stereocenters. The minimum Gasteiger partial charge on any atom is -0.464 e. The van der Waals surface area contributed by atoms with Crippen LogP contribution in [0.1, 0.15) is 41.4 Å². The van der Waals surface area contributed by atoms with Gasteiger partial charge in [-0.3, -0.25) is 0 Å². The molecule has 5 nitrogen and oxygen atoms in total. The molecule has 4 rings (SSSR count). The van der Waals surface area contributed by atoms with E-state index in [9.17, 15) is 4.79 Å². The maximum atomic E-state index is 11.9. The lowest BCUT2D eigenvalue weighted by Gasteiger charge is -2.23. The van der Waals surface area contributed by atoms with Gasteiger partial charge >= 0.3 is 5.97 Å². The number of carbonyl (C=O) groups is 1. The van der Waals surface area contributed by atoms with Crippen LogP contribution in [-0.4, -0.2) is 27.8 Å². The van der Waals surface area contributed by atoms with Crippen molar-refractivity contribution in [2.75, 3.05) is 7.11 Å². The third-order valence-electron chi connectivity index (χ3n) is 4.50. The standard InChI is InChI=1S/C18H16ClN3O2/c1-24-18(23)14-10-13(19)15-16(11-6-5-7-11)21-22(17(15)20-14)12-8-3-2-4-9-12/h2-4,8-11H,5-7H2,1H3. The van der Waals surface area contributed by atoms with E-state index in [1.54, 1.807) is 10.7 Å². The fraction of sp³-hybridized carbons (Fsp3) is 0.278. The summed E-state index contributed by atoms with van der Waals surface area (Å²) < 4.78 is 6.55. The summed E-state index contributed by atoms with van der Waals surface area (Å²) in [6.07, 6.45) is 3.42. The van der Waals surface area contributed by atoms with Crippen LogP contribution in [0.25, 0.3) is 16.7 Å². The Labute approximate surface area is 144 Å². The molecule has 1 aromatic carbocycles. The van der Waals surface area contributed by atoms with Crippen molar-refractivity contribution in [3.8, 4) is 5.69 Å². The third-order valence-corrected chi connectivity index (χ3v) is 4.80. The molecule has 0 N–H and O–H groups in total. The minimum atomic E-state index is -0.509. The van der Waals surface area contributed by atoms with Crippen LogP contribution >= 0.6 is 11.6 Å². The molecule has 2 heterocycles. The number of para-hydroxylation sites is 1. The number of rotatable bonds is 3. The van der Waals surface area contributed by atoms with Crippen LogP contribution in [0, 0.1) is 0 Å². The molecule has 0 unspecified atom stereocenters. The first-order chi connectivity index (χ1) is 11.7. The zero-order valence-electron chi connectivity index (χ0n) is 13.2. The fourth-order valence-electron chi connectivity index (χ4n) is 3.02. The summed E-state index contributed by atoms with van der Waals surface area (Å²) in [5.41, 5.74) is 2.64. The van der Waals surface area contributed by atoms with Gasteiger partial charge in [-0.25, -0.2) is 14.5 Å². The van der Waals surface area contributed by atoms with E-state index >= 15 is 0 Å². The van der Waals surface area contributed by atoms with Gasteiger partial charge in [-0.15, -0.1) is 0 Å². The Morgan fingerprint density at radius 2 is 2.04 bits per heavy atom. The van der Waals surface area contributed by atoms with Crippen LogP contribution in [0.2, 0.25) is 5.02 Å². The van der Waals surface area contributed by atoms with Crippen molar-refractivity contribution in [3.63, 3.8) is 0 Å². The van der Waals surface area contributed by atoms with Gasteiger partial charge in [-0.05, 0) is 31.0 Å². The molecule has 6 heteroatoms. The number of hydrogen-bond acceptors (Lipinski definition) is 4. The van der Waals surface area contributed by atoms with E-state index in [0.29, 0.717) is 16.6 Å². The predicted molar refractivity (Wildman–Crippen MR) is 91.8 cm³/mol. The van der Waals surface area contributed by atoms with Gasteiger partial charge in [0.25, 0.3) is 0 Å². The Bertz CT molecular complexity index is 917. The van der Waals surface area contributed by atoms with Gasteiger partial charge in [0.2, 0.25) is 0 Å². The third kappa shape index (κ3) is 2.36. The van der Waals surface area contributed by atoms with Crippen molar-refractivity contribution in [3.05, 3.63) is 52.8 Å². The van der Waals surface area contributed by atoms with Crippen molar-refractivity contribution >= 4 is 28.6 Å². The van der Waals surface area contributed by atoms with E-state index in [4.69, 9.17) is 21.4 Å². The van der Waals surface area contributed by atoms with Crippen molar-refractivity contribution < 1.29 is 9.53 Å². The molecule has 1 aliphatic rings. The Kier molecular flexibility index (Phi) is 3.73. The normalized spacial score (nSPS) is 14.6. The SMILES string of the molecule is COC(=O)c1cc(Cl)c2c(C3CCC3)nn(-c3ccccc3)c2n1. The fourth-order valence-corrected chi connectivity index (χ4v) is 3.31. The number of methoxy groups -OCH3 is 1. The van der Waals surface area contributed by atoms with Crippen LogP contribution in [0.15, 0.2) is 36.4 Å². The van der Waals surface area contributed by atoms with Gasteiger partial charge in [-0.2, -0.15) is 5.10 Å². The Hall–Kier alpha value is -2.40. The van der Waals surface area contributed by atoms with E-state index in [1.165, 1.54) is 13.5 Å². The second kappa shape index (κ2) is 5.91. The van der Waals surface area contributed by atoms with Gasteiger partial charge in [0.15, 0.2) is 11.3 Å². The lowest BCUT2D eigenvalue weighted by atomic mass is 9.82. The summed E-state index contributed by atoms with van der Waals surface area (Å²) in [7, 11) is 1.33. The Morgan fingerprint density at radius 1 is 1.29 bits per heavy atom. The first-order valence-electron chi connectivity index (χ1n) is 7.92. The maximum absolute atomic E-state index is 11.9. The lowest BCUT2D eigenvalue weighted by Crippen LogP contribution is -2.10. The molecule has 122 valence electrons. The number of halogens is 1. The van der Waals surface area contributed by atoms with E-state index in [2.05, 4.69) is 4.98 Å². The number of benzene rings is 1. The highest BCUT2D eigenvalue weighted by atomic mass is 35.5. The first kappa shape index (κ1) is 15.1. The molecule has 0 spiro atoms. The molecule has 1 fully saturated rings. The average Bonchev–Trinajstić information content (AvgIpc) is 2.93. The molecule has 1 aliphatic carbocycles. The molecule has 0 amide bonds. The van der Waals surface area contributed by atoms with Crippen molar-refractivity contribution in [1.82, 2.24) is 14.8 Å². The van der Waals surface area contributed by atoms with Gasteiger partial charge < -0.3 is 4.74 Å². The molecular weight excluding hydrogens is 326 g/mol. The van der Waals surface area contributed by atoms with Crippen molar-refractivity contribution in [2.24, 2.45) is 0 Å². The highest BCUT2D eigenvalue weighted by molar-refractivity contribution is 6.35. The molecule has 0 radical (unpaired) electrons. The highest BCUT2D eigenvalue weighted by Gasteiger charge is 2.28. The van der Waals surface area contributed by atoms with Gasteiger partial charge in [0, 0.05) is 5.92 Å². The second-order valence-electron chi connectivity index (χ2n) is 5.94. The topological polar surface area (TPSA) is 57.0 Å². The number of fused-ring (bicyclic) bond motifs is 1. The Balaban J connectivity index is 2.00. The molecule has 3 aromatic rings. The number of hydrogen-bond donors (Lipinski definition) is 0. The van der Waals surface area contributed by atoms with Crippen LogP contribution in [0.4, 0.5) is 0 Å². The molecule has 24 heavy (non-hydrogen) atoms. The molecule has 1 saturated carbocycles. The summed E-state index contributed by atoms with van der Waals surface area (Å²) in [6, 6.07) is 11.3. The van der Waals surface area contributed by atoms with E-state index in [1.807, 2.05) is 30.3 Å². The predicted octanol–water partition coefficient (Wildman–Crippen LogP) is 4.13. The smallest absolute Gasteiger partial charge is 0.356 e. The zero-order chi connectivity index (χ0) is 16.7. The molecule has 0 aliphatic heterocycles. The zero-order valence-corrected chi connectivity index (χ0v) is 14.0. The summed E-state index contributed by atoms with van der Waals surface area (Å²) in [5.74, 6) is -0.106. The molecule has 0 saturated heterocycles. The average molecular weight is 342 g/mol. The maximum Gasteiger partial charge on any atom is 0.356 e. The monoisotopic (exact) mass is 341 g/mol. The van der Waals surface area contributed by atoms with Crippen LogP contribution in [0.3, 0.4) is 0 Å². The number of ether oxygens (including phenoxy) is 1. The summed E-state index contributed by atoms with van der Waals surface area (Å²) in [4.78, 5) is 16.4. The van der Waals surface area contributed by atoms with Crippen LogP contribution in [-0.2, 0) is 4.74 Å². The van der Waals surface area contributed by atoms with Crippen molar-refractivity contribution in [2.45, 2.75) is 25.2 Å². The molecule has 2 aromatic heterocycles.